The van der Waals surface area contributed by atoms with Crippen LogP contribution in [0.4, 0.5) is 4.39 Å². The van der Waals surface area contributed by atoms with Crippen molar-refractivity contribution in [2.45, 2.75) is 26.6 Å². The average Bonchev–Trinajstić information content (AvgIpc) is 2.49. The molecule has 0 saturated heterocycles. The first-order valence-electron chi connectivity index (χ1n) is 4.19. The zero-order chi connectivity index (χ0) is 8.55. The van der Waals surface area contributed by atoms with Gasteiger partial charge in [0.15, 0.2) is 0 Å². The summed E-state index contributed by atoms with van der Waals surface area (Å²) >= 11 is 0. The molecule has 0 saturated carbocycles. The van der Waals surface area contributed by atoms with Crippen LogP contribution in [0, 0.1) is 5.82 Å². The molecule has 1 aromatic rings. The van der Waals surface area contributed by atoms with Crippen molar-refractivity contribution in [1.29, 1.82) is 0 Å². The van der Waals surface area contributed by atoms with E-state index in [1.54, 1.807) is 6.07 Å². The maximum Gasteiger partial charge on any atom is 0.126 e. The van der Waals surface area contributed by atoms with Gasteiger partial charge in [-0.3, -0.25) is 0 Å². The fourth-order valence-electron chi connectivity index (χ4n) is 1.52. The van der Waals surface area contributed by atoms with Crippen molar-refractivity contribution >= 4 is 0 Å². The molecular formula is C10H11FO. The molecule has 0 bridgehead atoms. The van der Waals surface area contributed by atoms with Crippen LogP contribution in [0.25, 0.3) is 0 Å². The molecular weight excluding hydrogens is 155 g/mol. The number of hydrogen-bond donors (Lipinski definition) is 0. The summed E-state index contributed by atoms with van der Waals surface area (Å²) in [6.07, 6.45) is 0.749. The quantitative estimate of drug-likeness (QED) is 0.622. The molecule has 0 unspecified atom stereocenters. The number of aryl methyl sites for hydroxylation is 1. The standard InChI is InChI=1S/C10H11FO/c1-2-7-3-8-5-12-6-9(8)4-10(7)11/h3-4H,2,5-6H2,1H3. The summed E-state index contributed by atoms with van der Waals surface area (Å²) in [7, 11) is 0. The van der Waals surface area contributed by atoms with Crippen molar-refractivity contribution in [3.8, 4) is 0 Å². The molecule has 0 aromatic heterocycles. The van der Waals surface area contributed by atoms with Gasteiger partial charge in [0.25, 0.3) is 0 Å². The van der Waals surface area contributed by atoms with Crippen molar-refractivity contribution in [3.05, 3.63) is 34.6 Å². The third-order valence-electron chi connectivity index (χ3n) is 2.26. The largest absolute Gasteiger partial charge is 0.372 e. The van der Waals surface area contributed by atoms with E-state index in [1.165, 1.54) is 0 Å². The molecule has 0 radical (unpaired) electrons. The van der Waals surface area contributed by atoms with Crippen LogP contribution in [0.2, 0.25) is 0 Å². The molecule has 1 aliphatic rings. The van der Waals surface area contributed by atoms with Crippen molar-refractivity contribution in [1.82, 2.24) is 0 Å². The Bertz CT molecular complexity index is 306. The first kappa shape index (κ1) is 7.74. The summed E-state index contributed by atoms with van der Waals surface area (Å²) in [6.45, 7) is 3.17. The van der Waals surface area contributed by atoms with Gasteiger partial charge in [-0.2, -0.15) is 0 Å². The third-order valence-corrected chi connectivity index (χ3v) is 2.26. The van der Waals surface area contributed by atoms with Crippen LogP contribution in [0.15, 0.2) is 12.1 Å². The normalized spacial score (nSPS) is 14.8. The lowest BCUT2D eigenvalue weighted by Crippen LogP contribution is -1.92. The van der Waals surface area contributed by atoms with Crippen molar-refractivity contribution in [2.24, 2.45) is 0 Å². The van der Waals surface area contributed by atoms with Gasteiger partial charge in [-0.25, -0.2) is 4.39 Å². The summed E-state index contributed by atoms with van der Waals surface area (Å²) in [6, 6.07) is 3.51. The number of hydrogen-bond acceptors (Lipinski definition) is 1. The Hall–Kier alpha value is -0.890. The van der Waals surface area contributed by atoms with Gasteiger partial charge >= 0.3 is 0 Å². The molecule has 12 heavy (non-hydrogen) atoms. The Morgan fingerprint density at radius 3 is 2.67 bits per heavy atom. The maximum atomic E-state index is 13.2. The summed E-state index contributed by atoms with van der Waals surface area (Å²) < 4.78 is 18.4. The van der Waals surface area contributed by atoms with Crippen LogP contribution in [0.3, 0.4) is 0 Å². The van der Waals surface area contributed by atoms with Crippen LogP contribution >= 0.6 is 0 Å². The van der Waals surface area contributed by atoms with Gasteiger partial charge in [-0.05, 0) is 29.2 Å². The molecule has 0 fully saturated rings. The van der Waals surface area contributed by atoms with E-state index >= 15 is 0 Å². The fraction of sp³-hybridized carbons (Fsp3) is 0.400. The fourth-order valence-corrected chi connectivity index (χ4v) is 1.52. The predicted molar refractivity (Wildman–Crippen MR) is 44.3 cm³/mol. The Morgan fingerprint density at radius 1 is 1.33 bits per heavy atom. The maximum absolute atomic E-state index is 13.2. The van der Waals surface area contributed by atoms with Crippen molar-refractivity contribution in [3.63, 3.8) is 0 Å². The highest BCUT2D eigenvalue weighted by molar-refractivity contribution is 5.34. The molecule has 0 aliphatic carbocycles. The van der Waals surface area contributed by atoms with Gasteiger partial charge in [-0.1, -0.05) is 13.0 Å². The van der Waals surface area contributed by atoms with Gasteiger partial charge in [0.05, 0.1) is 13.2 Å². The Morgan fingerprint density at radius 2 is 2.00 bits per heavy atom. The molecule has 1 nitrogen and oxygen atoms in total. The number of ether oxygens (including phenoxy) is 1. The van der Waals surface area contributed by atoms with Crippen LogP contribution in [0.5, 0.6) is 0 Å². The third kappa shape index (κ3) is 1.12. The summed E-state index contributed by atoms with van der Waals surface area (Å²) in [4.78, 5) is 0. The summed E-state index contributed by atoms with van der Waals surface area (Å²) in [5.41, 5.74) is 2.94. The van der Waals surface area contributed by atoms with E-state index in [2.05, 4.69) is 0 Å². The molecule has 2 heteroatoms. The van der Waals surface area contributed by atoms with E-state index in [0.29, 0.717) is 13.2 Å². The van der Waals surface area contributed by atoms with Gasteiger partial charge < -0.3 is 4.74 Å². The zero-order valence-electron chi connectivity index (χ0n) is 7.06. The lowest BCUT2D eigenvalue weighted by Gasteiger charge is -2.02. The molecule has 0 amide bonds. The highest BCUT2D eigenvalue weighted by Crippen LogP contribution is 2.23. The highest BCUT2D eigenvalue weighted by Gasteiger charge is 2.13. The molecule has 1 aromatic carbocycles. The van der Waals surface area contributed by atoms with Crippen LogP contribution in [0.1, 0.15) is 23.6 Å². The molecule has 0 atom stereocenters. The van der Waals surface area contributed by atoms with E-state index in [4.69, 9.17) is 4.74 Å². The zero-order valence-corrected chi connectivity index (χ0v) is 7.06. The van der Waals surface area contributed by atoms with E-state index in [9.17, 15) is 4.39 Å². The van der Waals surface area contributed by atoms with Crippen molar-refractivity contribution < 1.29 is 9.13 Å². The monoisotopic (exact) mass is 166 g/mol. The minimum absolute atomic E-state index is 0.0956. The number of benzene rings is 1. The minimum Gasteiger partial charge on any atom is -0.372 e. The Kier molecular flexibility index (Phi) is 1.85. The van der Waals surface area contributed by atoms with Gasteiger partial charge in [0, 0.05) is 0 Å². The van der Waals surface area contributed by atoms with Gasteiger partial charge in [-0.15, -0.1) is 0 Å². The number of rotatable bonds is 1. The molecule has 1 heterocycles. The highest BCUT2D eigenvalue weighted by atomic mass is 19.1. The second kappa shape index (κ2) is 2.87. The van der Waals surface area contributed by atoms with Crippen LogP contribution < -0.4 is 0 Å². The molecule has 2 rings (SSSR count). The van der Waals surface area contributed by atoms with Gasteiger partial charge in [0.1, 0.15) is 5.82 Å². The minimum atomic E-state index is -0.0956. The molecule has 0 spiro atoms. The summed E-state index contributed by atoms with van der Waals surface area (Å²) in [5, 5.41) is 0. The lowest BCUT2D eigenvalue weighted by molar-refractivity contribution is 0.134. The lowest BCUT2D eigenvalue weighted by atomic mass is 10.0. The first-order chi connectivity index (χ1) is 5.81. The van der Waals surface area contributed by atoms with Crippen LogP contribution in [-0.2, 0) is 24.4 Å². The Balaban J connectivity index is 2.49. The molecule has 0 N–H and O–H groups in total. The molecule has 1 aliphatic heterocycles. The van der Waals surface area contributed by atoms with E-state index in [-0.39, 0.29) is 5.82 Å². The van der Waals surface area contributed by atoms with E-state index in [1.807, 2.05) is 13.0 Å². The average molecular weight is 166 g/mol. The smallest absolute Gasteiger partial charge is 0.126 e. The second-order valence-electron chi connectivity index (χ2n) is 3.06. The topological polar surface area (TPSA) is 9.23 Å². The SMILES string of the molecule is CCc1cc2c(cc1F)COC2. The first-order valence-corrected chi connectivity index (χ1v) is 4.19. The van der Waals surface area contributed by atoms with E-state index < -0.39 is 0 Å². The predicted octanol–water partition coefficient (Wildman–Crippen LogP) is 2.42. The van der Waals surface area contributed by atoms with Crippen LogP contribution in [-0.4, -0.2) is 0 Å². The van der Waals surface area contributed by atoms with Gasteiger partial charge in [0.2, 0.25) is 0 Å². The number of halogens is 1. The number of fused-ring (bicyclic) bond motifs is 1. The second-order valence-corrected chi connectivity index (χ2v) is 3.06. The summed E-state index contributed by atoms with van der Waals surface area (Å²) in [5.74, 6) is -0.0956. The van der Waals surface area contributed by atoms with Crippen molar-refractivity contribution in [2.75, 3.05) is 0 Å². The molecule has 64 valence electrons. The van der Waals surface area contributed by atoms with E-state index in [0.717, 1.165) is 23.1 Å². The Labute approximate surface area is 71.2 Å².